The van der Waals surface area contributed by atoms with Gasteiger partial charge >= 0.3 is 18.1 Å². The Kier molecular flexibility index (Phi) is 39.2. The first-order valence-corrected chi connectivity index (χ1v) is 34.4. The molecular formula is C70H114N10O19. The number of ether oxygens (including phenoxy) is 7. The highest BCUT2D eigenvalue weighted by Crippen LogP contribution is 2.31. The van der Waals surface area contributed by atoms with Gasteiger partial charge in [0.15, 0.2) is 0 Å². The lowest BCUT2D eigenvalue weighted by Crippen LogP contribution is -2.60. The van der Waals surface area contributed by atoms with Gasteiger partial charge in [0.2, 0.25) is 41.4 Å². The number of benzene rings is 2. The lowest BCUT2D eigenvalue weighted by Gasteiger charge is -2.41. The predicted molar refractivity (Wildman–Crippen MR) is 369 cm³/mol. The zero-order valence-corrected chi connectivity index (χ0v) is 60.5. The molecule has 2 aromatic carbocycles. The number of hydrogen-bond acceptors (Lipinski definition) is 18. The van der Waals surface area contributed by atoms with Crippen molar-refractivity contribution in [2.45, 2.75) is 188 Å². The summed E-state index contributed by atoms with van der Waals surface area (Å²) in [5.74, 6) is -6.33. The van der Waals surface area contributed by atoms with Gasteiger partial charge in [0.25, 0.3) is 0 Å². The zero-order valence-electron chi connectivity index (χ0n) is 60.5. The molecule has 558 valence electrons. The summed E-state index contributed by atoms with van der Waals surface area (Å²) in [6.07, 6.45) is -1.25. The number of anilines is 1. The summed E-state index contributed by atoms with van der Waals surface area (Å²) in [4.78, 5) is 138. The van der Waals surface area contributed by atoms with E-state index >= 15 is 0 Å². The number of primary amides is 1. The SMILES string of the molecule is CCC(C)C(C(CC(=O)N1CCCC1C(OC)C(C)C(=O)NC(C)C(O)c1ccccc1)OC)N(C)C(=O)C(NC(=O)C(C(C)C)N(C)C(=O)OCc1ccc(NC(=O)C(CCCNC(N)=O)NC(=O)C(NC(=O)CCOCCOCCOCCOCCC(=O)O)C(C)C)cc1)C(C)C. The van der Waals surface area contributed by atoms with Gasteiger partial charge in [-0.1, -0.05) is 111 Å². The number of carboxylic acids is 1. The van der Waals surface area contributed by atoms with Crippen LogP contribution in [0, 0.1) is 29.6 Å². The number of nitrogens with one attached hydrogen (secondary N) is 6. The summed E-state index contributed by atoms with van der Waals surface area (Å²) in [7, 11) is 6.07. The minimum atomic E-state index is -1.12. The number of methoxy groups -OCH3 is 2. The third-order valence-electron chi connectivity index (χ3n) is 17.6. The molecule has 29 heteroatoms. The molecule has 0 radical (unpaired) electrons. The second-order valence-electron chi connectivity index (χ2n) is 26.1. The van der Waals surface area contributed by atoms with Crippen molar-refractivity contribution in [3.63, 3.8) is 0 Å². The Morgan fingerprint density at radius 1 is 0.667 bits per heavy atom. The Morgan fingerprint density at radius 2 is 1.25 bits per heavy atom. The fourth-order valence-corrected chi connectivity index (χ4v) is 11.8. The molecule has 1 fully saturated rings. The van der Waals surface area contributed by atoms with Crippen molar-refractivity contribution in [3.8, 4) is 0 Å². The van der Waals surface area contributed by atoms with E-state index in [-0.39, 0.29) is 115 Å². The maximum Gasteiger partial charge on any atom is 0.410 e. The van der Waals surface area contributed by atoms with Crippen molar-refractivity contribution >= 4 is 65.1 Å². The molecule has 3 rings (SSSR count). The van der Waals surface area contributed by atoms with Gasteiger partial charge in [-0.2, -0.15) is 0 Å². The summed E-state index contributed by atoms with van der Waals surface area (Å²) in [6.45, 7) is 20.1. The van der Waals surface area contributed by atoms with Crippen LogP contribution in [0.2, 0.25) is 0 Å². The van der Waals surface area contributed by atoms with Crippen LogP contribution in [-0.4, -0.2) is 233 Å². The third kappa shape index (κ3) is 29.3. The topological polar surface area (TPSA) is 384 Å². The van der Waals surface area contributed by atoms with E-state index in [0.717, 1.165) is 0 Å². The number of likely N-dealkylation sites (N-methyl/N-ethyl adjacent to an activating group) is 2. The number of carboxylic acid groups (broad SMARTS) is 1. The molecule has 10 N–H and O–H groups in total. The molecule has 1 heterocycles. The molecule has 0 aromatic heterocycles. The summed E-state index contributed by atoms with van der Waals surface area (Å²) >= 11 is 0. The minimum absolute atomic E-state index is 0.0454. The fraction of sp³-hybridized carbons (Fsp3) is 0.686. The summed E-state index contributed by atoms with van der Waals surface area (Å²) in [5.41, 5.74) is 6.77. The largest absolute Gasteiger partial charge is 0.481 e. The number of likely N-dealkylation sites (tertiary alicyclic amines) is 1. The number of hydrogen-bond donors (Lipinski definition) is 9. The molecule has 1 saturated heterocycles. The van der Waals surface area contributed by atoms with Crippen molar-refractivity contribution in [2.24, 2.45) is 35.3 Å². The first-order chi connectivity index (χ1) is 47.0. The maximum atomic E-state index is 14.8. The summed E-state index contributed by atoms with van der Waals surface area (Å²) < 4.78 is 39.2. The number of nitrogens with zero attached hydrogens (tertiary/aromatic N) is 3. The van der Waals surface area contributed by atoms with E-state index in [2.05, 4.69) is 31.9 Å². The number of carbonyl (C=O) groups is 10. The van der Waals surface area contributed by atoms with Crippen molar-refractivity contribution in [2.75, 3.05) is 99.6 Å². The van der Waals surface area contributed by atoms with E-state index in [1.54, 1.807) is 109 Å². The van der Waals surface area contributed by atoms with Crippen LogP contribution in [0.4, 0.5) is 15.3 Å². The number of aliphatic carboxylic acids is 1. The molecule has 12 unspecified atom stereocenters. The summed E-state index contributed by atoms with van der Waals surface area (Å²) in [5, 5.41) is 36.2. The number of aliphatic hydroxyl groups excluding tert-OH is 1. The Morgan fingerprint density at radius 3 is 1.79 bits per heavy atom. The molecule has 0 spiro atoms. The Hall–Kier alpha value is -7.54. The lowest BCUT2D eigenvalue weighted by atomic mass is 9.89. The Bertz CT molecular complexity index is 2820. The van der Waals surface area contributed by atoms with Gasteiger partial charge < -0.3 is 90.8 Å². The van der Waals surface area contributed by atoms with E-state index in [9.17, 15) is 53.1 Å². The number of amides is 10. The van der Waals surface area contributed by atoms with Gasteiger partial charge in [0.05, 0.1) is 108 Å². The zero-order chi connectivity index (χ0) is 73.9. The Labute approximate surface area is 584 Å². The number of urea groups is 1. The standard InChI is InChI=1S/C70H114N10O19/c1-15-46(8)61(54(93-13)41-56(82)80-32-20-24-53(80)63(94-14)47(9)64(86)73-48(10)62(85)50-21-17-16-18-22-50)78(11)68(90)59(44(4)5)77-67(89)60(45(6)7)79(12)70(92)99-42-49-25-27-51(28-26-49)74-65(87)52(23-19-31-72-69(71)91)75-66(88)58(43(2)3)76-55(81)29-33-95-35-37-97-39-40-98-38-36-96-34-30-57(83)84/h16-18,21-22,25-28,43-48,52-54,58-63,85H,15,19-20,23-24,29-42H2,1-14H3,(H,73,86)(H,74,87)(H,75,88)(H,76,81)(H,77,89)(H,83,84)(H3,71,72,91). The highest BCUT2D eigenvalue weighted by molar-refractivity contribution is 5.98. The number of rotatable bonds is 47. The monoisotopic (exact) mass is 1400 g/mol. The van der Waals surface area contributed by atoms with E-state index < -0.39 is 126 Å². The van der Waals surface area contributed by atoms with Gasteiger partial charge in [0, 0.05) is 53.5 Å². The second-order valence-corrected chi connectivity index (χ2v) is 26.1. The van der Waals surface area contributed by atoms with Crippen LogP contribution in [0.3, 0.4) is 0 Å². The number of nitrogens with two attached hydrogens (primary N) is 1. The number of aliphatic hydroxyl groups is 1. The molecule has 1 aliphatic heterocycles. The minimum Gasteiger partial charge on any atom is -0.481 e. The van der Waals surface area contributed by atoms with Gasteiger partial charge in [-0.3, -0.25) is 43.3 Å². The average molecular weight is 1400 g/mol. The van der Waals surface area contributed by atoms with Gasteiger partial charge in [0.1, 0.15) is 30.8 Å². The highest BCUT2D eigenvalue weighted by Gasteiger charge is 2.44. The van der Waals surface area contributed by atoms with Crippen LogP contribution in [0.25, 0.3) is 0 Å². The molecule has 99 heavy (non-hydrogen) atoms. The van der Waals surface area contributed by atoms with Crippen LogP contribution in [-0.2, 0) is 78.1 Å². The molecule has 12 atom stereocenters. The Balaban J connectivity index is 1.63. The molecule has 0 saturated carbocycles. The van der Waals surface area contributed by atoms with Gasteiger partial charge in [-0.15, -0.1) is 0 Å². The van der Waals surface area contributed by atoms with E-state index in [1.165, 1.54) is 26.2 Å². The normalized spacial score (nSPS) is 16.4. The van der Waals surface area contributed by atoms with Gasteiger partial charge in [-0.05, 0) is 79.5 Å². The predicted octanol–water partition coefficient (Wildman–Crippen LogP) is 4.52. The molecule has 0 bridgehead atoms. The van der Waals surface area contributed by atoms with Gasteiger partial charge in [-0.25, -0.2) is 9.59 Å². The quantitative estimate of drug-likeness (QED) is 0.0411. The van der Waals surface area contributed by atoms with Crippen LogP contribution in [0.15, 0.2) is 54.6 Å². The lowest BCUT2D eigenvalue weighted by molar-refractivity contribution is -0.148. The van der Waals surface area contributed by atoms with Crippen molar-refractivity contribution in [1.29, 1.82) is 0 Å². The third-order valence-corrected chi connectivity index (χ3v) is 17.6. The van der Waals surface area contributed by atoms with E-state index in [4.69, 9.17) is 44.0 Å². The van der Waals surface area contributed by atoms with Crippen LogP contribution in [0.5, 0.6) is 0 Å². The van der Waals surface area contributed by atoms with Crippen LogP contribution >= 0.6 is 0 Å². The smallest absolute Gasteiger partial charge is 0.410 e. The van der Waals surface area contributed by atoms with Crippen molar-refractivity contribution in [1.82, 2.24) is 41.3 Å². The summed E-state index contributed by atoms with van der Waals surface area (Å²) in [6, 6.07) is 8.68. The highest BCUT2D eigenvalue weighted by atomic mass is 16.6. The molecule has 2 aromatic rings. The second kappa shape index (κ2) is 45.3. The first kappa shape index (κ1) is 85.7. The molecule has 29 nitrogen and oxygen atoms in total. The average Bonchev–Trinajstić information content (AvgIpc) is 1.80. The molecule has 10 amide bonds. The fourth-order valence-electron chi connectivity index (χ4n) is 11.8. The first-order valence-electron chi connectivity index (χ1n) is 34.4. The van der Waals surface area contributed by atoms with E-state index in [1.807, 2.05) is 32.0 Å². The van der Waals surface area contributed by atoms with Crippen LogP contribution < -0.4 is 37.6 Å². The number of carbonyl (C=O) groups excluding carboxylic acids is 9. The van der Waals surface area contributed by atoms with Crippen molar-refractivity contribution in [3.05, 3.63) is 65.7 Å². The van der Waals surface area contributed by atoms with Crippen molar-refractivity contribution < 1.29 is 91.3 Å². The van der Waals surface area contributed by atoms with E-state index in [0.29, 0.717) is 49.2 Å². The van der Waals surface area contributed by atoms with Crippen LogP contribution in [0.1, 0.15) is 138 Å². The molecule has 1 aliphatic rings. The molecule has 0 aliphatic carbocycles. The maximum absolute atomic E-state index is 14.8. The molecular weight excluding hydrogens is 1280 g/mol.